The monoisotopic (exact) mass is 239 g/mol. The van der Waals surface area contributed by atoms with Crippen molar-refractivity contribution >= 4 is 0 Å². The van der Waals surface area contributed by atoms with E-state index >= 15 is 0 Å². The second-order valence-electron chi connectivity index (χ2n) is 5.12. The van der Waals surface area contributed by atoms with Crippen LogP contribution in [0.1, 0.15) is 45.9 Å². The summed E-state index contributed by atoms with van der Waals surface area (Å²) in [6, 6.07) is 2.80. The molecule has 1 aromatic rings. The summed E-state index contributed by atoms with van der Waals surface area (Å²) in [6.07, 6.45) is 2.81. The Morgan fingerprint density at radius 1 is 1.35 bits per heavy atom. The molecule has 0 bridgehead atoms. The summed E-state index contributed by atoms with van der Waals surface area (Å²) in [5.74, 6) is 0.523. The average molecular weight is 239 g/mol. The summed E-state index contributed by atoms with van der Waals surface area (Å²) >= 11 is 0. The summed E-state index contributed by atoms with van der Waals surface area (Å²) in [4.78, 5) is 0. The molecule has 0 aliphatic heterocycles. The number of aromatic nitrogens is 2. The molecule has 0 aromatic carbocycles. The summed E-state index contributed by atoms with van der Waals surface area (Å²) < 4.78 is 1.97. The molecular formula is C13H25N3O. The molecule has 0 amide bonds. The molecule has 1 atom stereocenters. The van der Waals surface area contributed by atoms with Crippen molar-refractivity contribution in [1.82, 2.24) is 15.1 Å². The summed E-state index contributed by atoms with van der Waals surface area (Å²) in [6.45, 7) is 9.57. The minimum Gasteiger partial charge on any atom is -0.396 e. The minimum absolute atomic E-state index is 0.232. The Morgan fingerprint density at radius 3 is 2.53 bits per heavy atom. The molecular weight excluding hydrogens is 214 g/mol. The number of hydrogen-bond donors (Lipinski definition) is 2. The van der Waals surface area contributed by atoms with E-state index in [0.29, 0.717) is 18.0 Å². The van der Waals surface area contributed by atoms with Crippen LogP contribution in [-0.4, -0.2) is 27.5 Å². The highest BCUT2D eigenvalue weighted by Gasteiger charge is 2.12. The molecule has 17 heavy (non-hydrogen) atoms. The SMILES string of the molecule is CC(C)C(CCO)NCc1ccn(C(C)C)n1. The Kier molecular flexibility index (Phi) is 5.65. The van der Waals surface area contributed by atoms with Crippen molar-refractivity contribution in [1.29, 1.82) is 0 Å². The zero-order valence-electron chi connectivity index (χ0n) is 11.3. The van der Waals surface area contributed by atoms with Gasteiger partial charge in [0.15, 0.2) is 0 Å². The fraction of sp³-hybridized carbons (Fsp3) is 0.769. The fourth-order valence-electron chi connectivity index (χ4n) is 1.81. The summed E-state index contributed by atoms with van der Waals surface area (Å²) in [5, 5.41) is 16.9. The maximum Gasteiger partial charge on any atom is 0.0762 e. The molecule has 0 aliphatic carbocycles. The fourth-order valence-corrected chi connectivity index (χ4v) is 1.81. The van der Waals surface area contributed by atoms with Gasteiger partial charge < -0.3 is 10.4 Å². The van der Waals surface area contributed by atoms with Gasteiger partial charge in [-0.05, 0) is 32.3 Å². The van der Waals surface area contributed by atoms with Crippen LogP contribution in [0, 0.1) is 5.92 Å². The van der Waals surface area contributed by atoms with Crippen molar-refractivity contribution in [3.8, 4) is 0 Å². The predicted octanol–water partition coefficient (Wildman–Crippen LogP) is 1.96. The molecule has 1 aromatic heterocycles. The number of rotatable bonds is 7. The largest absolute Gasteiger partial charge is 0.396 e. The molecule has 0 aliphatic rings. The van der Waals surface area contributed by atoms with E-state index in [1.807, 2.05) is 16.9 Å². The third kappa shape index (κ3) is 4.48. The van der Waals surface area contributed by atoms with Gasteiger partial charge in [-0.15, -0.1) is 0 Å². The van der Waals surface area contributed by atoms with Crippen LogP contribution in [0.2, 0.25) is 0 Å². The topological polar surface area (TPSA) is 50.1 Å². The van der Waals surface area contributed by atoms with Gasteiger partial charge in [-0.3, -0.25) is 4.68 Å². The van der Waals surface area contributed by atoms with Gasteiger partial charge in [0.05, 0.1) is 5.69 Å². The number of nitrogens with zero attached hydrogens (tertiary/aromatic N) is 2. The number of hydrogen-bond acceptors (Lipinski definition) is 3. The van der Waals surface area contributed by atoms with Crippen molar-refractivity contribution < 1.29 is 5.11 Å². The maximum absolute atomic E-state index is 9.00. The van der Waals surface area contributed by atoms with Gasteiger partial charge in [-0.1, -0.05) is 13.8 Å². The first kappa shape index (κ1) is 14.2. The Bertz CT molecular complexity index is 320. The average Bonchev–Trinajstić information content (AvgIpc) is 2.72. The van der Waals surface area contributed by atoms with E-state index in [-0.39, 0.29) is 6.61 Å². The first-order valence-corrected chi connectivity index (χ1v) is 6.43. The van der Waals surface area contributed by atoms with Gasteiger partial charge in [-0.25, -0.2) is 0 Å². The molecule has 1 heterocycles. The van der Waals surface area contributed by atoms with Crippen LogP contribution in [0.15, 0.2) is 12.3 Å². The van der Waals surface area contributed by atoms with Crippen LogP contribution in [-0.2, 0) is 6.54 Å². The number of nitrogens with one attached hydrogen (secondary N) is 1. The van der Waals surface area contributed by atoms with Crippen molar-refractivity contribution in [2.24, 2.45) is 5.92 Å². The number of aliphatic hydroxyl groups excluding tert-OH is 1. The van der Waals surface area contributed by atoms with Crippen LogP contribution in [0.4, 0.5) is 0 Å². The van der Waals surface area contributed by atoms with Crippen molar-refractivity contribution in [2.45, 2.75) is 52.7 Å². The minimum atomic E-state index is 0.232. The van der Waals surface area contributed by atoms with Crippen LogP contribution in [0.3, 0.4) is 0 Å². The highest BCUT2D eigenvalue weighted by atomic mass is 16.3. The Labute approximate surface area is 104 Å². The van der Waals surface area contributed by atoms with Gasteiger partial charge >= 0.3 is 0 Å². The van der Waals surface area contributed by atoms with Gasteiger partial charge in [0, 0.05) is 31.4 Å². The van der Waals surface area contributed by atoms with E-state index < -0.39 is 0 Å². The van der Waals surface area contributed by atoms with E-state index in [1.165, 1.54) is 0 Å². The molecule has 0 saturated heterocycles. The molecule has 2 N–H and O–H groups in total. The first-order valence-electron chi connectivity index (χ1n) is 6.43. The molecule has 1 unspecified atom stereocenters. The highest BCUT2D eigenvalue weighted by molar-refractivity contribution is 4.99. The summed E-state index contributed by atoms with van der Waals surface area (Å²) in [5.41, 5.74) is 1.06. The van der Waals surface area contributed by atoms with Crippen molar-refractivity contribution in [2.75, 3.05) is 6.61 Å². The molecule has 98 valence electrons. The maximum atomic E-state index is 9.00. The molecule has 4 heteroatoms. The van der Waals surface area contributed by atoms with Crippen molar-refractivity contribution in [3.05, 3.63) is 18.0 Å². The zero-order valence-corrected chi connectivity index (χ0v) is 11.3. The van der Waals surface area contributed by atoms with E-state index in [1.54, 1.807) is 0 Å². The van der Waals surface area contributed by atoms with E-state index in [2.05, 4.69) is 38.1 Å². The van der Waals surface area contributed by atoms with E-state index in [9.17, 15) is 0 Å². The first-order chi connectivity index (χ1) is 8.04. The lowest BCUT2D eigenvalue weighted by molar-refractivity contribution is 0.243. The Hall–Kier alpha value is -0.870. The smallest absolute Gasteiger partial charge is 0.0762 e. The van der Waals surface area contributed by atoms with Gasteiger partial charge in [0.1, 0.15) is 0 Å². The van der Waals surface area contributed by atoms with Crippen LogP contribution in [0.25, 0.3) is 0 Å². The van der Waals surface area contributed by atoms with Gasteiger partial charge in [-0.2, -0.15) is 5.10 Å². The van der Waals surface area contributed by atoms with Crippen LogP contribution < -0.4 is 5.32 Å². The molecule has 4 nitrogen and oxygen atoms in total. The van der Waals surface area contributed by atoms with Gasteiger partial charge in [0.25, 0.3) is 0 Å². The lowest BCUT2D eigenvalue weighted by Gasteiger charge is -2.20. The molecule has 1 rings (SSSR count). The van der Waals surface area contributed by atoms with E-state index in [4.69, 9.17) is 5.11 Å². The zero-order chi connectivity index (χ0) is 12.8. The van der Waals surface area contributed by atoms with Crippen molar-refractivity contribution in [3.63, 3.8) is 0 Å². The molecule has 0 radical (unpaired) electrons. The Balaban J connectivity index is 2.47. The lowest BCUT2D eigenvalue weighted by atomic mass is 10.0. The second-order valence-corrected chi connectivity index (χ2v) is 5.12. The molecule has 0 saturated carbocycles. The normalized spacial score (nSPS) is 13.6. The molecule has 0 spiro atoms. The van der Waals surface area contributed by atoms with E-state index in [0.717, 1.165) is 18.7 Å². The standard InChI is InChI=1S/C13H25N3O/c1-10(2)13(6-8-17)14-9-12-5-7-16(15-12)11(3)4/h5,7,10-11,13-14,17H,6,8-9H2,1-4H3. The van der Waals surface area contributed by atoms with Crippen LogP contribution >= 0.6 is 0 Å². The van der Waals surface area contributed by atoms with Crippen LogP contribution in [0.5, 0.6) is 0 Å². The predicted molar refractivity (Wildman–Crippen MR) is 69.8 cm³/mol. The van der Waals surface area contributed by atoms with Gasteiger partial charge in [0.2, 0.25) is 0 Å². The highest BCUT2D eigenvalue weighted by Crippen LogP contribution is 2.08. The molecule has 0 fully saturated rings. The Morgan fingerprint density at radius 2 is 2.06 bits per heavy atom. The number of aliphatic hydroxyl groups is 1. The third-order valence-electron chi connectivity index (χ3n) is 2.98. The third-order valence-corrected chi connectivity index (χ3v) is 2.98. The second kappa shape index (κ2) is 6.77. The summed E-state index contributed by atoms with van der Waals surface area (Å²) in [7, 11) is 0. The lowest BCUT2D eigenvalue weighted by Crippen LogP contribution is -2.34. The quantitative estimate of drug-likeness (QED) is 0.764.